The van der Waals surface area contributed by atoms with Gasteiger partial charge in [0.05, 0.1) is 36.1 Å². The molecular weight excluding hydrogens is 528 g/mol. The molecule has 9 nitrogen and oxygen atoms in total. The maximum Gasteiger partial charge on any atom is 0.331 e. The fraction of sp³-hybridized carbons (Fsp3) is 0.906. The van der Waals surface area contributed by atoms with Gasteiger partial charge in [-0.25, -0.2) is 4.79 Å². The third-order valence-corrected chi connectivity index (χ3v) is 12.9. The predicted molar refractivity (Wildman–Crippen MR) is 146 cm³/mol. The number of aliphatic hydroxyl groups is 3. The first-order valence-corrected chi connectivity index (χ1v) is 15.9. The zero-order chi connectivity index (χ0) is 29.0. The minimum Gasteiger partial charge on any atom is -0.458 e. The molecule has 9 heteroatoms. The van der Waals surface area contributed by atoms with Gasteiger partial charge in [-0.15, -0.1) is 0 Å². The normalized spacial score (nSPS) is 54.3. The maximum absolute atomic E-state index is 12.7. The van der Waals surface area contributed by atoms with Crippen molar-refractivity contribution in [2.75, 3.05) is 13.2 Å². The molecule has 12 atom stereocenters. The Morgan fingerprint density at radius 3 is 2.51 bits per heavy atom. The number of rotatable bonds is 3. The van der Waals surface area contributed by atoms with Gasteiger partial charge >= 0.3 is 5.97 Å². The molecule has 7 rings (SSSR count). The summed E-state index contributed by atoms with van der Waals surface area (Å²) in [7, 11) is 0. The van der Waals surface area contributed by atoms with E-state index in [4.69, 9.17) is 23.7 Å². The largest absolute Gasteiger partial charge is 0.458 e. The van der Waals surface area contributed by atoms with E-state index in [0.717, 1.165) is 63.4 Å². The Kier molecular flexibility index (Phi) is 6.62. The van der Waals surface area contributed by atoms with Gasteiger partial charge in [0.1, 0.15) is 12.7 Å². The molecule has 4 aliphatic carbocycles. The van der Waals surface area contributed by atoms with Gasteiger partial charge in [-0.3, -0.25) is 0 Å². The van der Waals surface area contributed by atoms with Crippen molar-refractivity contribution in [1.29, 1.82) is 0 Å². The van der Waals surface area contributed by atoms with Crippen LogP contribution in [0, 0.1) is 28.6 Å². The molecule has 0 aromatic carbocycles. The highest BCUT2D eigenvalue weighted by molar-refractivity contribution is 5.85. The van der Waals surface area contributed by atoms with Crippen molar-refractivity contribution >= 4 is 5.97 Å². The van der Waals surface area contributed by atoms with Crippen LogP contribution in [0.15, 0.2) is 11.6 Å². The molecule has 0 aromatic rings. The second kappa shape index (κ2) is 9.46. The van der Waals surface area contributed by atoms with E-state index in [1.807, 2.05) is 13.8 Å². The Labute approximate surface area is 242 Å². The average molecular weight is 577 g/mol. The Hall–Kier alpha value is -1.07. The van der Waals surface area contributed by atoms with Crippen LogP contribution >= 0.6 is 0 Å². The SMILES string of the molecule is C[C@H]1O[C@@H](O[C@H]2CC[C@@]34COC(C)(C)O[C@@]3(CC[C@@H]3[C@@H]4CC[C@]4(C)[C@@H](C5=CC(=O)OC5)CC[C@]34O)C2)C[C@H](O)[C@@H]1O. The Bertz CT molecular complexity index is 1090. The second-order valence-corrected chi connectivity index (χ2v) is 15.1. The van der Waals surface area contributed by atoms with Gasteiger partial charge in [0, 0.05) is 29.7 Å². The van der Waals surface area contributed by atoms with Crippen LogP contribution < -0.4 is 0 Å². The number of aliphatic hydroxyl groups excluding tert-OH is 2. The van der Waals surface area contributed by atoms with Crippen LogP contribution in [0.1, 0.15) is 91.9 Å². The number of carbonyl (C=O) groups is 1. The summed E-state index contributed by atoms with van der Waals surface area (Å²) in [5.41, 5.74) is -0.704. The predicted octanol–water partition coefficient (Wildman–Crippen LogP) is 3.37. The smallest absolute Gasteiger partial charge is 0.331 e. The quantitative estimate of drug-likeness (QED) is 0.343. The molecule has 3 N–H and O–H groups in total. The number of ether oxygens (including phenoxy) is 5. The lowest BCUT2D eigenvalue weighted by atomic mass is 9.41. The summed E-state index contributed by atoms with van der Waals surface area (Å²) >= 11 is 0. The first kappa shape index (κ1) is 28.7. The molecule has 2 saturated heterocycles. The van der Waals surface area contributed by atoms with Crippen LogP contribution in [0.3, 0.4) is 0 Å². The number of fused-ring (bicyclic) bond motifs is 3. The molecule has 0 radical (unpaired) electrons. The van der Waals surface area contributed by atoms with E-state index >= 15 is 0 Å². The van der Waals surface area contributed by atoms with Gasteiger partial charge in [-0.1, -0.05) is 6.92 Å². The summed E-state index contributed by atoms with van der Waals surface area (Å²) in [5.74, 6) is -0.399. The summed E-state index contributed by atoms with van der Waals surface area (Å²) in [4.78, 5) is 11.9. The molecule has 7 aliphatic rings. The van der Waals surface area contributed by atoms with Crippen LogP contribution in [0.5, 0.6) is 0 Å². The molecule has 4 saturated carbocycles. The first-order valence-electron chi connectivity index (χ1n) is 15.9. The van der Waals surface area contributed by atoms with Gasteiger partial charge in [0.25, 0.3) is 0 Å². The lowest BCUT2D eigenvalue weighted by Crippen LogP contribution is -2.73. The molecule has 0 spiro atoms. The molecular formula is C32H48O9. The first-order chi connectivity index (χ1) is 19.3. The van der Waals surface area contributed by atoms with Crippen molar-refractivity contribution in [3.05, 3.63) is 11.6 Å². The Balaban J connectivity index is 1.16. The lowest BCUT2D eigenvalue weighted by Gasteiger charge is -2.70. The summed E-state index contributed by atoms with van der Waals surface area (Å²) in [6, 6.07) is 0. The molecule has 3 heterocycles. The molecule has 3 aliphatic heterocycles. The van der Waals surface area contributed by atoms with E-state index < -0.39 is 41.6 Å². The van der Waals surface area contributed by atoms with Gasteiger partial charge in [-0.2, -0.15) is 0 Å². The van der Waals surface area contributed by atoms with E-state index in [2.05, 4.69) is 6.92 Å². The molecule has 0 aromatic heterocycles. The van der Waals surface area contributed by atoms with Crippen molar-refractivity contribution < 1.29 is 43.8 Å². The average Bonchev–Trinajstić information content (AvgIpc) is 3.45. The van der Waals surface area contributed by atoms with Crippen molar-refractivity contribution in [2.45, 2.75) is 140 Å². The third-order valence-electron chi connectivity index (χ3n) is 12.9. The number of hydrogen-bond donors (Lipinski definition) is 3. The second-order valence-electron chi connectivity index (χ2n) is 15.1. The van der Waals surface area contributed by atoms with Gasteiger partial charge in [0.2, 0.25) is 0 Å². The Morgan fingerprint density at radius 1 is 1.00 bits per heavy atom. The van der Waals surface area contributed by atoms with Crippen LogP contribution in [-0.2, 0) is 28.5 Å². The number of esters is 1. The molecule has 0 amide bonds. The van der Waals surface area contributed by atoms with E-state index in [1.165, 1.54) is 0 Å². The van der Waals surface area contributed by atoms with Crippen molar-refractivity contribution in [1.82, 2.24) is 0 Å². The van der Waals surface area contributed by atoms with Gasteiger partial charge in [-0.05, 0) is 95.5 Å². The molecule has 230 valence electrons. The lowest BCUT2D eigenvalue weighted by molar-refractivity contribution is -0.407. The molecule has 41 heavy (non-hydrogen) atoms. The fourth-order valence-electron chi connectivity index (χ4n) is 10.9. The zero-order valence-corrected chi connectivity index (χ0v) is 25.0. The summed E-state index contributed by atoms with van der Waals surface area (Å²) < 4.78 is 31.2. The maximum atomic E-state index is 12.7. The standard InChI is InChI=1S/C32H48O9/c1-18-27(35)24(33)14-26(39-18)40-20-5-10-30-17-38-28(2,3)41-31(30,15-20)11-7-23-22(30)6-9-29(4)21(8-12-32(23,29)36)19-13-25(34)37-16-19/h13,18,20-24,26-27,33,35-36H,5-12,14-17H2,1-4H3/t18-,20+,21-,22+,23-,24+,26+,27-,29-,30+,31+,32+/m1/s1. The van der Waals surface area contributed by atoms with E-state index in [1.54, 1.807) is 13.0 Å². The van der Waals surface area contributed by atoms with Crippen LogP contribution in [0.2, 0.25) is 0 Å². The minimum atomic E-state index is -0.904. The summed E-state index contributed by atoms with van der Waals surface area (Å²) in [6.45, 7) is 8.98. The van der Waals surface area contributed by atoms with Gasteiger partial charge in [0.15, 0.2) is 12.1 Å². The number of cyclic esters (lactones) is 1. The summed E-state index contributed by atoms with van der Waals surface area (Å²) in [5, 5.41) is 33.1. The summed E-state index contributed by atoms with van der Waals surface area (Å²) in [6.07, 6.45) is 6.67. The van der Waals surface area contributed by atoms with E-state index in [-0.39, 0.29) is 47.1 Å². The van der Waals surface area contributed by atoms with Crippen LogP contribution in [0.4, 0.5) is 0 Å². The highest BCUT2D eigenvalue weighted by Crippen LogP contribution is 2.72. The van der Waals surface area contributed by atoms with E-state index in [0.29, 0.717) is 13.2 Å². The monoisotopic (exact) mass is 576 g/mol. The zero-order valence-electron chi connectivity index (χ0n) is 25.0. The fourth-order valence-corrected chi connectivity index (χ4v) is 10.9. The molecule has 0 bridgehead atoms. The minimum absolute atomic E-state index is 0.0899. The topological polar surface area (TPSA) is 124 Å². The highest BCUT2D eigenvalue weighted by atomic mass is 16.7. The van der Waals surface area contributed by atoms with Crippen LogP contribution in [0.25, 0.3) is 0 Å². The third kappa shape index (κ3) is 4.09. The van der Waals surface area contributed by atoms with E-state index in [9.17, 15) is 20.1 Å². The molecule has 0 unspecified atom stereocenters. The Morgan fingerprint density at radius 2 is 1.78 bits per heavy atom. The highest BCUT2D eigenvalue weighted by Gasteiger charge is 2.73. The number of carbonyl (C=O) groups excluding carboxylic acids is 1. The van der Waals surface area contributed by atoms with Crippen molar-refractivity contribution in [2.24, 2.45) is 28.6 Å². The van der Waals surface area contributed by atoms with Crippen molar-refractivity contribution in [3.8, 4) is 0 Å². The number of hydrogen-bond acceptors (Lipinski definition) is 9. The van der Waals surface area contributed by atoms with Crippen LogP contribution in [-0.4, -0.2) is 82.2 Å². The van der Waals surface area contributed by atoms with Crippen molar-refractivity contribution in [3.63, 3.8) is 0 Å². The van der Waals surface area contributed by atoms with Gasteiger partial charge < -0.3 is 39.0 Å². The molecule has 6 fully saturated rings.